The lowest BCUT2D eigenvalue weighted by Gasteiger charge is -2.15. The van der Waals surface area contributed by atoms with Crippen molar-refractivity contribution in [2.45, 2.75) is 6.42 Å². The van der Waals surface area contributed by atoms with Gasteiger partial charge in [0.25, 0.3) is 5.91 Å². The molecule has 0 saturated carbocycles. The Kier molecular flexibility index (Phi) is 5.35. The second-order valence-electron chi connectivity index (χ2n) is 4.63. The molecule has 4 nitrogen and oxygen atoms in total. The zero-order valence-corrected chi connectivity index (χ0v) is 12.3. The maximum atomic E-state index is 11.7. The molecule has 110 valence electrons. The first-order chi connectivity index (χ1) is 10.2. The van der Waals surface area contributed by atoms with Gasteiger partial charge in [-0.05, 0) is 17.2 Å². The van der Waals surface area contributed by atoms with Crippen molar-refractivity contribution in [1.82, 2.24) is 5.06 Å². The number of ether oxygens (including phenoxy) is 1. The zero-order chi connectivity index (χ0) is 15.1. The molecular weight excluding hydrogens is 266 g/mol. The van der Waals surface area contributed by atoms with Gasteiger partial charge in [0.1, 0.15) is 5.75 Å². The van der Waals surface area contributed by atoms with Crippen molar-refractivity contribution >= 4 is 5.91 Å². The van der Waals surface area contributed by atoms with Gasteiger partial charge in [-0.3, -0.25) is 9.63 Å². The average molecular weight is 285 g/mol. The Bertz CT molecular complexity index is 584. The van der Waals surface area contributed by atoms with Gasteiger partial charge >= 0.3 is 0 Å². The molecule has 0 atom stereocenters. The van der Waals surface area contributed by atoms with Crippen LogP contribution in [0.3, 0.4) is 0 Å². The molecule has 0 fully saturated rings. The molecule has 21 heavy (non-hydrogen) atoms. The van der Waals surface area contributed by atoms with Gasteiger partial charge in [0, 0.05) is 13.5 Å². The lowest BCUT2D eigenvalue weighted by Crippen LogP contribution is -2.30. The topological polar surface area (TPSA) is 38.8 Å². The summed E-state index contributed by atoms with van der Waals surface area (Å²) in [6.07, 6.45) is 0.769. The molecule has 4 heteroatoms. The van der Waals surface area contributed by atoms with Crippen molar-refractivity contribution in [2.75, 3.05) is 20.8 Å². The molecule has 2 aromatic carbocycles. The van der Waals surface area contributed by atoms with Gasteiger partial charge in [-0.15, -0.1) is 0 Å². The quantitative estimate of drug-likeness (QED) is 0.766. The minimum Gasteiger partial charge on any atom is -0.483 e. The largest absolute Gasteiger partial charge is 0.483 e. The standard InChI is InChI=1S/C17H19NO3/c1-18(20-2)17(19)13-21-16-11-7-6-10-15(16)12-14-8-4-3-5-9-14/h3-11H,12-13H2,1-2H3. The zero-order valence-electron chi connectivity index (χ0n) is 12.3. The molecule has 2 rings (SSSR count). The summed E-state index contributed by atoms with van der Waals surface area (Å²) in [5, 5.41) is 1.15. The molecule has 0 aliphatic carbocycles. The predicted molar refractivity (Wildman–Crippen MR) is 81.0 cm³/mol. The van der Waals surface area contributed by atoms with E-state index in [1.165, 1.54) is 12.7 Å². The Morgan fingerprint density at radius 1 is 1.05 bits per heavy atom. The first kappa shape index (κ1) is 15.1. The Morgan fingerprint density at radius 2 is 1.71 bits per heavy atom. The van der Waals surface area contributed by atoms with E-state index >= 15 is 0 Å². The van der Waals surface area contributed by atoms with Crippen LogP contribution in [0.15, 0.2) is 54.6 Å². The number of likely N-dealkylation sites (N-methyl/N-ethyl adjacent to an activating group) is 1. The third kappa shape index (κ3) is 4.33. The fourth-order valence-corrected chi connectivity index (χ4v) is 1.94. The SMILES string of the molecule is CON(C)C(=O)COc1ccccc1Cc1ccccc1. The van der Waals surface area contributed by atoms with E-state index in [9.17, 15) is 4.79 Å². The molecule has 1 amide bonds. The average Bonchev–Trinajstić information content (AvgIpc) is 2.54. The fourth-order valence-electron chi connectivity index (χ4n) is 1.94. The molecular formula is C17H19NO3. The lowest BCUT2D eigenvalue weighted by atomic mass is 10.0. The highest BCUT2D eigenvalue weighted by Gasteiger charge is 2.10. The van der Waals surface area contributed by atoms with E-state index in [2.05, 4.69) is 12.1 Å². The minimum absolute atomic E-state index is 0.0455. The molecule has 0 radical (unpaired) electrons. The molecule has 0 N–H and O–H groups in total. The molecule has 0 aromatic heterocycles. The normalized spacial score (nSPS) is 10.2. The second-order valence-corrected chi connectivity index (χ2v) is 4.63. The maximum absolute atomic E-state index is 11.7. The molecule has 0 aliphatic rings. The Morgan fingerprint density at radius 3 is 2.43 bits per heavy atom. The van der Waals surface area contributed by atoms with Crippen LogP contribution in [0.2, 0.25) is 0 Å². The van der Waals surface area contributed by atoms with Gasteiger partial charge in [-0.1, -0.05) is 48.5 Å². The van der Waals surface area contributed by atoms with Crippen molar-refractivity contribution < 1.29 is 14.4 Å². The van der Waals surface area contributed by atoms with E-state index in [0.29, 0.717) is 0 Å². The molecule has 0 spiro atoms. The van der Waals surface area contributed by atoms with Crippen molar-refractivity contribution in [3.63, 3.8) is 0 Å². The maximum Gasteiger partial charge on any atom is 0.283 e. The molecule has 0 heterocycles. The van der Waals surface area contributed by atoms with Crippen LogP contribution >= 0.6 is 0 Å². The monoisotopic (exact) mass is 285 g/mol. The van der Waals surface area contributed by atoms with Crippen molar-refractivity contribution in [1.29, 1.82) is 0 Å². The number of carbonyl (C=O) groups is 1. The first-order valence-electron chi connectivity index (χ1n) is 6.76. The van der Waals surface area contributed by atoms with Crippen molar-refractivity contribution in [3.05, 3.63) is 65.7 Å². The number of rotatable bonds is 6. The number of para-hydroxylation sites is 1. The summed E-state index contributed by atoms with van der Waals surface area (Å²) in [6.45, 7) is -0.0455. The number of hydrogen-bond acceptors (Lipinski definition) is 3. The summed E-state index contributed by atoms with van der Waals surface area (Å²) in [5.41, 5.74) is 2.26. The third-order valence-corrected chi connectivity index (χ3v) is 3.19. The highest BCUT2D eigenvalue weighted by Crippen LogP contribution is 2.21. The van der Waals surface area contributed by atoms with Crippen LogP contribution in [0, 0.1) is 0 Å². The number of amides is 1. The van der Waals surface area contributed by atoms with Crippen molar-refractivity contribution in [2.24, 2.45) is 0 Å². The van der Waals surface area contributed by atoms with E-state index in [1.54, 1.807) is 7.05 Å². The van der Waals surface area contributed by atoms with Gasteiger partial charge in [-0.25, -0.2) is 5.06 Å². The summed E-state index contributed by atoms with van der Waals surface area (Å²) < 4.78 is 5.62. The van der Waals surface area contributed by atoms with Crippen LogP contribution in [0.1, 0.15) is 11.1 Å². The number of carbonyl (C=O) groups excluding carboxylic acids is 1. The van der Waals surface area contributed by atoms with Crippen LogP contribution < -0.4 is 4.74 Å². The third-order valence-electron chi connectivity index (χ3n) is 3.19. The predicted octanol–water partition coefficient (Wildman–Crippen LogP) is 2.68. The van der Waals surface area contributed by atoms with Crippen molar-refractivity contribution in [3.8, 4) is 5.75 Å². The van der Waals surface area contributed by atoms with E-state index in [4.69, 9.17) is 9.57 Å². The summed E-state index contributed by atoms with van der Waals surface area (Å²) in [5.74, 6) is 0.492. The molecule has 2 aromatic rings. The van der Waals surface area contributed by atoms with E-state index in [-0.39, 0.29) is 12.5 Å². The van der Waals surface area contributed by atoms with Gasteiger partial charge in [0.2, 0.25) is 0 Å². The van der Waals surface area contributed by atoms with Gasteiger partial charge < -0.3 is 4.74 Å². The first-order valence-corrected chi connectivity index (χ1v) is 6.76. The van der Waals surface area contributed by atoms with E-state index < -0.39 is 0 Å². The lowest BCUT2D eigenvalue weighted by molar-refractivity contribution is -0.170. The Labute approximate surface area is 124 Å². The summed E-state index contributed by atoms with van der Waals surface area (Å²) in [4.78, 5) is 16.5. The van der Waals surface area contributed by atoms with Crippen LogP contribution in [0.5, 0.6) is 5.75 Å². The molecule has 0 unspecified atom stereocenters. The minimum atomic E-state index is -0.230. The molecule has 0 saturated heterocycles. The Hall–Kier alpha value is -2.33. The molecule has 0 bridgehead atoms. The van der Waals surface area contributed by atoms with Crippen LogP contribution in [-0.2, 0) is 16.1 Å². The highest BCUT2D eigenvalue weighted by atomic mass is 16.7. The summed E-state index contributed by atoms with van der Waals surface area (Å²) >= 11 is 0. The van der Waals surface area contributed by atoms with Crippen LogP contribution in [-0.4, -0.2) is 31.7 Å². The van der Waals surface area contributed by atoms with E-state index in [0.717, 1.165) is 22.8 Å². The fraction of sp³-hybridized carbons (Fsp3) is 0.235. The Balaban J connectivity index is 2.05. The van der Waals surface area contributed by atoms with Crippen LogP contribution in [0.4, 0.5) is 0 Å². The number of nitrogens with zero attached hydrogens (tertiary/aromatic N) is 1. The van der Waals surface area contributed by atoms with Crippen LogP contribution in [0.25, 0.3) is 0 Å². The number of benzene rings is 2. The van der Waals surface area contributed by atoms with Gasteiger partial charge in [0.05, 0.1) is 7.11 Å². The smallest absolute Gasteiger partial charge is 0.283 e. The highest BCUT2D eigenvalue weighted by molar-refractivity contribution is 5.76. The number of hydroxylamine groups is 2. The summed E-state index contributed by atoms with van der Waals surface area (Å²) in [7, 11) is 3.00. The molecule has 0 aliphatic heterocycles. The summed E-state index contributed by atoms with van der Waals surface area (Å²) in [6, 6.07) is 17.9. The number of hydrogen-bond donors (Lipinski definition) is 0. The van der Waals surface area contributed by atoms with Gasteiger partial charge in [-0.2, -0.15) is 0 Å². The van der Waals surface area contributed by atoms with Gasteiger partial charge in [0.15, 0.2) is 6.61 Å². The second kappa shape index (κ2) is 7.45. The van der Waals surface area contributed by atoms with E-state index in [1.807, 2.05) is 42.5 Å².